The van der Waals surface area contributed by atoms with Gasteiger partial charge in [-0.2, -0.15) is 5.10 Å². The number of anilines is 1. The van der Waals surface area contributed by atoms with E-state index in [2.05, 4.69) is 20.6 Å². The number of carbonyl (C=O) groups excluding carboxylic acids is 1. The molecule has 0 spiro atoms. The SMILES string of the molecule is COc1n[nH]c(C(=O)Nc2cnn(Cc3cccc(Cl)c3)c2)c1[N+](=O)[O-]. The summed E-state index contributed by atoms with van der Waals surface area (Å²) in [5, 5.41) is 24.3. The molecule has 0 aliphatic carbocycles. The Morgan fingerprint density at radius 2 is 2.31 bits per heavy atom. The lowest BCUT2D eigenvalue weighted by Crippen LogP contribution is -2.14. The zero-order valence-corrected chi connectivity index (χ0v) is 14.2. The number of amides is 1. The van der Waals surface area contributed by atoms with Crippen molar-refractivity contribution in [1.82, 2.24) is 20.0 Å². The molecule has 0 aliphatic heterocycles. The van der Waals surface area contributed by atoms with E-state index in [0.29, 0.717) is 17.3 Å². The minimum absolute atomic E-state index is 0.267. The summed E-state index contributed by atoms with van der Waals surface area (Å²) in [6.45, 7) is 0.453. The largest absolute Gasteiger partial charge is 0.475 e. The van der Waals surface area contributed by atoms with Gasteiger partial charge in [0.1, 0.15) is 0 Å². The molecule has 10 nitrogen and oxygen atoms in total. The summed E-state index contributed by atoms with van der Waals surface area (Å²) in [6, 6.07) is 7.30. The van der Waals surface area contributed by atoms with Crippen molar-refractivity contribution in [2.45, 2.75) is 6.54 Å². The molecule has 2 aromatic heterocycles. The highest BCUT2D eigenvalue weighted by molar-refractivity contribution is 6.30. The molecule has 1 amide bonds. The first-order chi connectivity index (χ1) is 12.5. The van der Waals surface area contributed by atoms with Crippen molar-refractivity contribution in [3.8, 4) is 5.88 Å². The molecule has 11 heteroatoms. The number of ether oxygens (including phenoxy) is 1. The highest BCUT2D eigenvalue weighted by Crippen LogP contribution is 2.28. The third-order valence-electron chi connectivity index (χ3n) is 3.44. The number of aromatic amines is 1. The van der Waals surface area contributed by atoms with Crippen LogP contribution in [0.15, 0.2) is 36.7 Å². The second kappa shape index (κ2) is 7.23. The van der Waals surface area contributed by atoms with Crippen LogP contribution >= 0.6 is 11.6 Å². The smallest absolute Gasteiger partial charge is 0.362 e. The van der Waals surface area contributed by atoms with Crippen LogP contribution < -0.4 is 10.1 Å². The topological polar surface area (TPSA) is 128 Å². The van der Waals surface area contributed by atoms with Crippen LogP contribution in [-0.4, -0.2) is 37.9 Å². The van der Waals surface area contributed by atoms with Gasteiger partial charge in [0.05, 0.1) is 30.5 Å². The number of nitrogens with zero attached hydrogens (tertiary/aromatic N) is 4. The molecule has 134 valence electrons. The van der Waals surface area contributed by atoms with Gasteiger partial charge in [0.15, 0.2) is 0 Å². The Hall–Kier alpha value is -3.40. The molecule has 0 aliphatic rings. The Morgan fingerprint density at radius 3 is 3.00 bits per heavy atom. The molecule has 3 aromatic rings. The second-order valence-corrected chi connectivity index (χ2v) is 5.66. The Labute approximate surface area is 151 Å². The Bertz CT molecular complexity index is 967. The number of carbonyl (C=O) groups is 1. The van der Waals surface area contributed by atoms with E-state index in [4.69, 9.17) is 16.3 Å². The molecule has 0 atom stereocenters. The van der Waals surface area contributed by atoms with Crippen molar-refractivity contribution in [3.63, 3.8) is 0 Å². The van der Waals surface area contributed by atoms with Crippen LogP contribution in [-0.2, 0) is 6.54 Å². The summed E-state index contributed by atoms with van der Waals surface area (Å²) in [7, 11) is 1.23. The fourth-order valence-corrected chi connectivity index (χ4v) is 2.53. The van der Waals surface area contributed by atoms with E-state index in [1.807, 2.05) is 18.2 Å². The monoisotopic (exact) mass is 376 g/mol. The molecule has 3 rings (SSSR count). The Morgan fingerprint density at radius 1 is 1.50 bits per heavy atom. The molecule has 2 heterocycles. The first-order valence-electron chi connectivity index (χ1n) is 7.33. The van der Waals surface area contributed by atoms with Gasteiger partial charge in [-0.05, 0) is 17.7 Å². The average Bonchev–Trinajstić information content (AvgIpc) is 3.21. The maximum Gasteiger partial charge on any atom is 0.362 e. The number of nitrogens with one attached hydrogen (secondary N) is 2. The molecule has 0 bridgehead atoms. The summed E-state index contributed by atoms with van der Waals surface area (Å²) in [5.74, 6) is -0.994. The zero-order valence-electron chi connectivity index (χ0n) is 13.5. The number of aromatic nitrogens is 4. The summed E-state index contributed by atoms with van der Waals surface area (Å²) >= 11 is 5.95. The second-order valence-electron chi connectivity index (χ2n) is 5.22. The van der Waals surface area contributed by atoms with Gasteiger partial charge < -0.3 is 10.1 Å². The van der Waals surface area contributed by atoms with Gasteiger partial charge in [-0.3, -0.25) is 24.7 Å². The average molecular weight is 377 g/mol. The summed E-state index contributed by atoms with van der Waals surface area (Å²) in [4.78, 5) is 22.7. The number of benzene rings is 1. The van der Waals surface area contributed by atoms with Crippen molar-refractivity contribution < 1.29 is 14.5 Å². The van der Waals surface area contributed by atoms with E-state index >= 15 is 0 Å². The van der Waals surface area contributed by atoms with Crippen molar-refractivity contribution in [3.05, 3.63) is 63.1 Å². The van der Waals surface area contributed by atoms with Crippen LogP contribution in [0.2, 0.25) is 5.02 Å². The lowest BCUT2D eigenvalue weighted by molar-refractivity contribution is -0.386. The lowest BCUT2D eigenvalue weighted by Gasteiger charge is -2.02. The van der Waals surface area contributed by atoms with Crippen molar-refractivity contribution in [1.29, 1.82) is 0 Å². The Kier molecular flexibility index (Phi) is 4.85. The number of halogens is 1. The molecule has 26 heavy (non-hydrogen) atoms. The summed E-state index contributed by atoms with van der Waals surface area (Å²) < 4.78 is 6.38. The number of methoxy groups -OCH3 is 1. The van der Waals surface area contributed by atoms with E-state index in [1.165, 1.54) is 13.3 Å². The van der Waals surface area contributed by atoms with Gasteiger partial charge in [0.2, 0.25) is 5.69 Å². The molecule has 0 radical (unpaired) electrons. The summed E-state index contributed by atoms with van der Waals surface area (Å²) in [6.07, 6.45) is 3.03. The van der Waals surface area contributed by atoms with Crippen LogP contribution in [0.1, 0.15) is 16.1 Å². The van der Waals surface area contributed by atoms with E-state index < -0.39 is 16.5 Å². The van der Waals surface area contributed by atoms with Crippen LogP contribution in [0, 0.1) is 10.1 Å². The summed E-state index contributed by atoms with van der Waals surface area (Å²) in [5.41, 5.74) is 0.470. The highest BCUT2D eigenvalue weighted by Gasteiger charge is 2.30. The number of H-pyrrole nitrogens is 1. The first kappa shape index (κ1) is 17.4. The lowest BCUT2D eigenvalue weighted by atomic mass is 10.2. The molecule has 1 aromatic carbocycles. The maximum atomic E-state index is 12.3. The van der Waals surface area contributed by atoms with Crippen LogP contribution in [0.25, 0.3) is 0 Å². The van der Waals surface area contributed by atoms with Crippen LogP contribution in [0.5, 0.6) is 5.88 Å². The van der Waals surface area contributed by atoms with E-state index in [-0.39, 0.29) is 11.6 Å². The molecular formula is C15H13ClN6O4. The molecule has 0 unspecified atom stereocenters. The highest BCUT2D eigenvalue weighted by atomic mass is 35.5. The van der Waals surface area contributed by atoms with E-state index in [0.717, 1.165) is 5.56 Å². The molecule has 2 N–H and O–H groups in total. The molecular weight excluding hydrogens is 364 g/mol. The number of nitro groups is 1. The van der Waals surface area contributed by atoms with Gasteiger partial charge >= 0.3 is 11.6 Å². The molecule has 0 fully saturated rings. The number of hydrogen-bond acceptors (Lipinski definition) is 6. The fraction of sp³-hybridized carbons (Fsp3) is 0.133. The number of rotatable bonds is 6. The minimum Gasteiger partial charge on any atom is -0.475 e. The van der Waals surface area contributed by atoms with Crippen molar-refractivity contribution >= 4 is 28.9 Å². The molecule has 0 saturated heterocycles. The van der Waals surface area contributed by atoms with E-state index in [9.17, 15) is 14.9 Å². The van der Waals surface area contributed by atoms with Crippen LogP contribution in [0.4, 0.5) is 11.4 Å². The third-order valence-corrected chi connectivity index (χ3v) is 3.67. The van der Waals surface area contributed by atoms with Crippen LogP contribution in [0.3, 0.4) is 0 Å². The normalized spacial score (nSPS) is 10.5. The van der Waals surface area contributed by atoms with Gasteiger partial charge in [0.25, 0.3) is 5.91 Å². The van der Waals surface area contributed by atoms with Gasteiger partial charge in [-0.1, -0.05) is 23.7 Å². The standard InChI is InChI=1S/C15H13ClN6O4/c1-26-15-13(22(24)25)12(19-20-15)14(23)18-11-6-17-21(8-11)7-9-3-2-4-10(16)5-9/h2-6,8H,7H2,1H3,(H,18,23)(H,19,20). The predicted octanol–water partition coefficient (Wildman–Crippen LogP) is 2.48. The van der Waals surface area contributed by atoms with Gasteiger partial charge in [-0.15, -0.1) is 5.10 Å². The van der Waals surface area contributed by atoms with Crippen molar-refractivity contribution in [2.24, 2.45) is 0 Å². The minimum atomic E-state index is -0.736. The third kappa shape index (κ3) is 3.64. The Balaban J connectivity index is 1.74. The number of hydrogen-bond donors (Lipinski definition) is 2. The predicted molar refractivity (Wildman–Crippen MR) is 92.5 cm³/mol. The molecule has 0 saturated carbocycles. The van der Waals surface area contributed by atoms with E-state index in [1.54, 1.807) is 16.9 Å². The zero-order chi connectivity index (χ0) is 18.7. The maximum absolute atomic E-state index is 12.3. The van der Waals surface area contributed by atoms with Crippen molar-refractivity contribution in [2.75, 3.05) is 12.4 Å². The van der Waals surface area contributed by atoms with Gasteiger partial charge in [-0.25, -0.2) is 0 Å². The quantitative estimate of drug-likeness (QED) is 0.502. The fourth-order valence-electron chi connectivity index (χ4n) is 2.32. The first-order valence-corrected chi connectivity index (χ1v) is 7.70. The van der Waals surface area contributed by atoms with Gasteiger partial charge in [0, 0.05) is 11.2 Å².